The first-order valence-corrected chi connectivity index (χ1v) is 5.11. The summed E-state index contributed by atoms with van der Waals surface area (Å²) in [5, 5.41) is 3.14. The molecule has 0 fully saturated rings. The monoisotopic (exact) mass is 217 g/mol. The Morgan fingerprint density at radius 1 is 1.31 bits per heavy atom. The zero-order valence-corrected chi connectivity index (χ0v) is 8.63. The van der Waals surface area contributed by atoms with E-state index < -0.39 is 0 Å². The quantitative estimate of drug-likeness (QED) is 0.792. The highest BCUT2D eigenvalue weighted by Crippen LogP contribution is 2.13. The van der Waals surface area contributed by atoms with Crippen molar-refractivity contribution in [2.45, 2.75) is 0 Å². The molecule has 16 heavy (non-hydrogen) atoms. The largest absolute Gasteiger partial charge is 0.467 e. The lowest BCUT2D eigenvalue weighted by molar-refractivity contribution is 0.361. The van der Waals surface area contributed by atoms with Gasteiger partial charge in [-0.15, -0.1) is 0 Å². The van der Waals surface area contributed by atoms with Crippen molar-refractivity contribution in [3.8, 4) is 5.88 Å². The van der Waals surface area contributed by atoms with Gasteiger partial charge in [0, 0.05) is 31.3 Å². The number of fused-ring (bicyclic) bond motifs is 1. The Labute approximate surface area is 92.0 Å². The van der Waals surface area contributed by atoms with Gasteiger partial charge in [0.15, 0.2) is 5.65 Å². The van der Waals surface area contributed by atoms with E-state index in [2.05, 4.69) is 20.3 Å². The number of ether oxygens (including phenoxy) is 1. The second-order valence-corrected chi connectivity index (χ2v) is 3.43. The molecule has 0 aliphatic carbocycles. The molecule has 2 aromatic heterocycles. The Morgan fingerprint density at radius 3 is 3.00 bits per heavy atom. The number of aliphatic imine (C=N–C) groups is 1. The molecular weight excluding hydrogens is 206 g/mol. The molecule has 1 N–H and O–H groups in total. The highest BCUT2D eigenvalue weighted by molar-refractivity contribution is 5.85. The zero-order valence-electron chi connectivity index (χ0n) is 8.63. The van der Waals surface area contributed by atoms with E-state index in [1.165, 1.54) is 0 Å². The molecule has 0 saturated carbocycles. The summed E-state index contributed by atoms with van der Waals surface area (Å²) in [4.78, 5) is 12.6. The van der Waals surface area contributed by atoms with Crippen LogP contribution in [0.2, 0.25) is 0 Å². The van der Waals surface area contributed by atoms with Gasteiger partial charge in [0.05, 0.1) is 6.54 Å². The topological polar surface area (TPSA) is 63.8 Å². The van der Waals surface area contributed by atoms with Crippen molar-refractivity contribution in [2.24, 2.45) is 4.99 Å². The summed E-state index contributed by atoms with van der Waals surface area (Å²) >= 11 is 0. The molecule has 1 aliphatic rings. The van der Waals surface area contributed by atoms with Gasteiger partial charge in [0.2, 0.25) is 0 Å². The Morgan fingerprint density at radius 2 is 2.19 bits per heavy atom. The molecule has 3 rings (SSSR count). The molecule has 3 heterocycles. The smallest absolute Gasteiger partial charge is 0.258 e. The maximum Gasteiger partial charge on any atom is 0.258 e. The van der Waals surface area contributed by atoms with Gasteiger partial charge in [-0.2, -0.15) is 0 Å². The fourth-order valence-electron chi connectivity index (χ4n) is 1.61. The fraction of sp³-hybridized carbons (Fsp3) is 0.300. The molecule has 0 bridgehead atoms. The fourth-order valence-corrected chi connectivity index (χ4v) is 1.61. The van der Waals surface area contributed by atoms with Gasteiger partial charge in [-0.25, -0.2) is 9.97 Å². The lowest BCUT2D eigenvalue weighted by Gasteiger charge is -2.06. The lowest BCUT2D eigenvalue weighted by atomic mass is 10.6. The molecule has 0 radical (unpaired) electrons. The second kappa shape index (κ2) is 3.80. The van der Waals surface area contributed by atoms with Crippen LogP contribution in [-0.2, 0) is 0 Å². The molecule has 0 atom stereocenters. The summed E-state index contributed by atoms with van der Waals surface area (Å²) in [6.45, 7) is 2.12. The Balaban J connectivity index is 1.80. The minimum absolute atomic E-state index is 0.416. The van der Waals surface area contributed by atoms with Crippen molar-refractivity contribution >= 4 is 11.5 Å². The molecule has 82 valence electrons. The van der Waals surface area contributed by atoms with Gasteiger partial charge in [-0.1, -0.05) is 0 Å². The first-order chi connectivity index (χ1) is 7.93. The highest BCUT2D eigenvalue weighted by Gasteiger charge is 2.09. The van der Waals surface area contributed by atoms with E-state index in [1.807, 2.05) is 16.8 Å². The average Bonchev–Trinajstić information content (AvgIpc) is 2.97. The number of rotatable bonds is 3. The van der Waals surface area contributed by atoms with Crippen LogP contribution in [0.5, 0.6) is 5.88 Å². The second-order valence-electron chi connectivity index (χ2n) is 3.43. The van der Waals surface area contributed by atoms with E-state index in [0.29, 0.717) is 12.5 Å². The summed E-state index contributed by atoms with van der Waals surface area (Å²) in [7, 11) is 0. The van der Waals surface area contributed by atoms with Crippen LogP contribution in [0.4, 0.5) is 0 Å². The van der Waals surface area contributed by atoms with Crippen LogP contribution >= 0.6 is 0 Å². The van der Waals surface area contributed by atoms with Crippen LogP contribution in [0.15, 0.2) is 29.8 Å². The van der Waals surface area contributed by atoms with E-state index in [-0.39, 0.29) is 0 Å². The van der Waals surface area contributed by atoms with Crippen molar-refractivity contribution in [3.63, 3.8) is 0 Å². The van der Waals surface area contributed by atoms with Gasteiger partial charge in [-0.05, 0) is 0 Å². The molecule has 0 unspecified atom stereocenters. The van der Waals surface area contributed by atoms with Gasteiger partial charge in [-0.3, -0.25) is 4.99 Å². The molecule has 0 aromatic carbocycles. The maximum atomic E-state index is 5.57. The number of imidazole rings is 1. The van der Waals surface area contributed by atoms with Crippen molar-refractivity contribution in [2.75, 3.05) is 19.7 Å². The van der Waals surface area contributed by atoms with Crippen LogP contribution in [0.3, 0.4) is 0 Å². The summed E-state index contributed by atoms with van der Waals surface area (Å²) in [6, 6.07) is 0. The molecule has 2 aromatic rings. The first kappa shape index (κ1) is 9.14. The van der Waals surface area contributed by atoms with Crippen molar-refractivity contribution in [1.29, 1.82) is 0 Å². The van der Waals surface area contributed by atoms with Crippen molar-refractivity contribution in [1.82, 2.24) is 19.7 Å². The third-order valence-corrected chi connectivity index (χ3v) is 2.37. The summed E-state index contributed by atoms with van der Waals surface area (Å²) in [5.74, 6) is 1.40. The SMILES string of the molecule is c1cn2ccnc2c(OCC2=NCCN2)n1. The molecule has 1 aliphatic heterocycles. The summed E-state index contributed by atoms with van der Waals surface area (Å²) in [6.07, 6.45) is 7.10. The normalized spacial score (nSPS) is 14.9. The Hall–Kier alpha value is -2.11. The Kier molecular flexibility index (Phi) is 2.17. The number of nitrogens with one attached hydrogen (secondary N) is 1. The third-order valence-electron chi connectivity index (χ3n) is 2.37. The number of amidine groups is 1. The van der Waals surface area contributed by atoms with Crippen LogP contribution in [0, 0.1) is 0 Å². The number of hydrogen-bond acceptors (Lipinski definition) is 5. The minimum atomic E-state index is 0.416. The minimum Gasteiger partial charge on any atom is -0.467 e. The van der Waals surface area contributed by atoms with E-state index in [1.54, 1.807) is 12.4 Å². The lowest BCUT2D eigenvalue weighted by Crippen LogP contribution is -2.25. The van der Waals surface area contributed by atoms with Crippen molar-refractivity contribution < 1.29 is 4.74 Å². The standard InChI is InChI=1S/C10H11N5O/c1-2-12-8(11-1)7-16-10-9-13-3-5-15(9)6-4-14-10/h3-6H,1-2,7H2,(H,11,12). The van der Waals surface area contributed by atoms with E-state index in [0.717, 1.165) is 24.6 Å². The van der Waals surface area contributed by atoms with Crippen LogP contribution in [0.25, 0.3) is 5.65 Å². The average molecular weight is 217 g/mol. The first-order valence-electron chi connectivity index (χ1n) is 5.11. The van der Waals surface area contributed by atoms with E-state index in [4.69, 9.17) is 4.74 Å². The number of aromatic nitrogens is 3. The molecule has 0 saturated heterocycles. The predicted molar refractivity (Wildman–Crippen MR) is 58.8 cm³/mol. The third kappa shape index (κ3) is 1.58. The van der Waals surface area contributed by atoms with Gasteiger partial charge < -0.3 is 14.5 Å². The summed E-state index contributed by atoms with van der Waals surface area (Å²) < 4.78 is 7.44. The molecule has 0 amide bonds. The highest BCUT2D eigenvalue weighted by atomic mass is 16.5. The predicted octanol–water partition coefficient (Wildman–Crippen LogP) is 0.110. The molecular formula is C10H11N5O. The van der Waals surface area contributed by atoms with Crippen molar-refractivity contribution in [3.05, 3.63) is 24.8 Å². The zero-order chi connectivity index (χ0) is 10.8. The van der Waals surface area contributed by atoms with Gasteiger partial charge in [0.1, 0.15) is 12.4 Å². The van der Waals surface area contributed by atoms with E-state index in [9.17, 15) is 0 Å². The maximum absolute atomic E-state index is 5.57. The number of hydrogen-bond donors (Lipinski definition) is 1. The molecule has 6 heteroatoms. The van der Waals surface area contributed by atoms with Gasteiger partial charge >= 0.3 is 0 Å². The van der Waals surface area contributed by atoms with Gasteiger partial charge in [0.25, 0.3) is 5.88 Å². The number of nitrogens with zero attached hydrogens (tertiary/aromatic N) is 4. The summed E-state index contributed by atoms with van der Waals surface area (Å²) in [5.41, 5.74) is 0.723. The van der Waals surface area contributed by atoms with Crippen LogP contribution in [0.1, 0.15) is 0 Å². The Bertz CT molecular complexity index is 533. The van der Waals surface area contributed by atoms with Crippen LogP contribution < -0.4 is 10.1 Å². The molecule has 0 spiro atoms. The van der Waals surface area contributed by atoms with Crippen LogP contribution in [-0.4, -0.2) is 39.9 Å². The van der Waals surface area contributed by atoms with E-state index >= 15 is 0 Å². The molecule has 6 nitrogen and oxygen atoms in total.